The van der Waals surface area contributed by atoms with E-state index in [1.54, 1.807) is 6.07 Å². The van der Waals surface area contributed by atoms with Crippen LogP contribution in [0, 0.1) is 0 Å². The second kappa shape index (κ2) is 10.2. The lowest BCUT2D eigenvalue weighted by molar-refractivity contribution is -0.282. The number of carboxylic acids is 1. The van der Waals surface area contributed by atoms with Crippen LogP contribution in [-0.4, -0.2) is 57.1 Å². The summed E-state index contributed by atoms with van der Waals surface area (Å²) < 4.78 is 20.9. The average molecular weight is 407 g/mol. The van der Waals surface area contributed by atoms with E-state index >= 15 is 0 Å². The first kappa shape index (κ1) is 21.9. The molecule has 0 aliphatic rings. The fourth-order valence-corrected chi connectivity index (χ4v) is 2.54. The second-order valence-corrected chi connectivity index (χ2v) is 5.54. The Morgan fingerprint density at radius 2 is 1.66 bits per heavy atom. The number of carbonyl (C=O) groups is 2. The summed E-state index contributed by atoms with van der Waals surface area (Å²) >= 11 is 0. The molecule has 1 aromatic heterocycles. The van der Waals surface area contributed by atoms with Gasteiger partial charge in [0.15, 0.2) is 6.61 Å². The zero-order chi connectivity index (χ0) is 21.4. The normalized spacial score (nSPS) is 10.3. The lowest BCUT2D eigenvalue weighted by Crippen LogP contribution is -2.10. The largest absolute Gasteiger partial charge is 0.496 e. The van der Waals surface area contributed by atoms with E-state index in [1.807, 2.05) is 0 Å². The van der Waals surface area contributed by atoms with Crippen LogP contribution < -0.4 is 14.2 Å². The van der Waals surface area contributed by atoms with E-state index in [0.717, 1.165) is 0 Å². The van der Waals surface area contributed by atoms with Crippen LogP contribution in [0.5, 0.6) is 17.2 Å². The fourth-order valence-electron chi connectivity index (χ4n) is 2.54. The van der Waals surface area contributed by atoms with Crippen LogP contribution in [0.2, 0.25) is 0 Å². The molecule has 0 spiro atoms. The second-order valence-electron chi connectivity index (χ2n) is 5.54. The van der Waals surface area contributed by atoms with Crippen molar-refractivity contribution in [3.8, 4) is 28.4 Å². The number of hydrogen-bond donors (Lipinski definition) is 1. The Balaban J connectivity index is 2.61. The van der Waals surface area contributed by atoms with Crippen molar-refractivity contribution in [3.05, 3.63) is 35.7 Å². The number of benzene rings is 1. The first-order valence-corrected chi connectivity index (χ1v) is 8.29. The van der Waals surface area contributed by atoms with Crippen molar-refractivity contribution >= 4 is 11.9 Å². The molecule has 1 aromatic carbocycles. The lowest BCUT2D eigenvalue weighted by atomic mass is 10.0. The van der Waals surface area contributed by atoms with Gasteiger partial charge in [0, 0.05) is 12.1 Å². The maximum Gasteiger partial charge on any atom is 0.356 e. The van der Waals surface area contributed by atoms with Crippen LogP contribution in [0.25, 0.3) is 11.1 Å². The number of aromatic nitrogens is 1. The van der Waals surface area contributed by atoms with E-state index in [1.165, 1.54) is 46.6 Å². The van der Waals surface area contributed by atoms with Crippen molar-refractivity contribution in [3.63, 3.8) is 0 Å². The number of aliphatic carboxylic acids is 1. The molecule has 0 amide bonds. The molecular formula is C19H21NO9. The summed E-state index contributed by atoms with van der Waals surface area (Å²) in [7, 11) is 5.48. The molecule has 0 bridgehead atoms. The van der Waals surface area contributed by atoms with E-state index < -0.39 is 18.5 Å². The molecule has 2 rings (SSSR count). The SMILES string of the molecule is COOCc1cc(-c2c(OC)cc(OCC(=O)O)cc2OC)cc(C(=O)OC)n1. The van der Waals surface area contributed by atoms with Crippen molar-refractivity contribution in [2.75, 3.05) is 35.0 Å². The van der Waals surface area contributed by atoms with Crippen LogP contribution >= 0.6 is 0 Å². The van der Waals surface area contributed by atoms with Gasteiger partial charge < -0.3 is 24.1 Å². The van der Waals surface area contributed by atoms with Crippen molar-refractivity contribution < 1.29 is 43.4 Å². The lowest BCUT2D eigenvalue weighted by Gasteiger charge is -2.17. The minimum Gasteiger partial charge on any atom is -0.496 e. The van der Waals surface area contributed by atoms with Gasteiger partial charge in [-0.3, -0.25) is 0 Å². The summed E-state index contributed by atoms with van der Waals surface area (Å²) in [5.74, 6) is -0.831. The molecule has 0 saturated carbocycles. The predicted molar refractivity (Wildman–Crippen MR) is 99.0 cm³/mol. The molecule has 0 atom stereocenters. The van der Waals surface area contributed by atoms with Gasteiger partial charge in [-0.05, 0) is 17.7 Å². The maximum absolute atomic E-state index is 12.0. The first-order valence-electron chi connectivity index (χ1n) is 8.29. The summed E-state index contributed by atoms with van der Waals surface area (Å²) in [5.41, 5.74) is 1.49. The topological polar surface area (TPSA) is 123 Å². The molecule has 156 valence electrons. The summed E-state index contributed by atoms with van der Waals surface area (Å²) in [6.07, 6.45) is 0. The number of carbonyl (C=O) groups excluding carboxylic acids is 1. The zero-order valence-electron chi connectivity index (χ0n) is 16.4. The highest BCUT2D eigenvalue weighted by atomic mass is 17.2. The molecule has 1 N–H and O–H groups in total. The third-order valence-electron chi connectivity index (χ3n) is 3.73. The van der Waals surface area contributed by atoms with Gasteiger partial charge in [-0.15, -0.1) is 0 Å². The van der Waals surface area contributed by atoms with Crippen LogP contribution in [-0.2, 0) is 25.9 Å². The minimum atomic E-state index is -1.12. The van der Waals surface area contributed by atoms with Crippen LogP contribution in [0.4, 0.5) is 0 Å². The number of nitrogens with zero attached hydrogens (tertiary/aromatic N) is 1. The van der Waals surface area contributed by atoms with Crippen LogP contribution in [0.3, 0.4) is 0 Å². The Morgan fingerprint density at radius 1 is 1.00 bits per heavy atom. The number of hydrogen-bond acceptors (Lipinski definition) is 9. The smallest absolute Gasteiger partial charge is 0.356 e. The highest BCUT2D eigenvalue weighted by molar-refractivity contribution is 5.90. The average Bonchev–Trinajstić information content (AvgIpc) is 2.74. The molecule has 2 aromatic rings. The van der Waals surface area contributed by atoms with Gasteiger partial charge in [-0.1, -0.05) is 0 Å². The molecule has 0 radical (unpaired) electrons. The fraction of sp³-hybridized carbons (Fsp3) is 0.316. The van der Waals surface area contributed by atoms with Gasteiger partial charge >= 0.3 is 11.9 Å². The molecule has 10 nitrogen and oxygen atoms in total. The van der Waals surface area contributed by atoms with E-state index in [-0.39, 0.29) is 18.1 Å². The van der Waals surface area contributed by atoms with E-state index in [9.17, 15) is 9.59 Å². The Labute approximate surface area is 166 Å². The summed E-state index contributed by atoms with van der Waals surface area (Å²) in [6.45, 7) is -0.537. The number of rotatable bonds is 10. The maximum atomic E-state index is 12.0. The highest BCUT2D eigenvalue weighted by Gasteiger charge is 2.20. The van der Waals surface area contributed by atoms with E-state index in [4.69, 9.17) is 28.9 Å². The quantitative estimate of drug-likeness (QED) is 0.356. The van der Waals surface area contributed by atoms with Gasteiger partial charge in [0.1, 0.15) is 29.5 Å². The molecule has 29 heavy (non-hydrogen) atoms. The number of ether oxygens (including phenoxy) is 4. The molecule has 0 fully saturated rings. The molecule has 0 aliphatic carbocycles. The zero-order valence-corrected chi connectivity index (χ0v) is 16.4. The molecule has 0 aliphatic heterocycles. The van der Waals surface area contributed by atoms with Gasteiger partial charge in [0.2, 0.25) is 0 Å². The van der Waals surface area contributed by atoms with Gasteiger partial charge in [-0.2, -0.15) is 0 Å². The summed E-state index contributed by atoms with van der Waals surface area (Å²) in [4.78, 5) is 36.5. The molecule has 1 heterocycles. The van der Waals surface area contributed by atoms with Gasteiger partial charge in [-0.25, -0.2) is 24.3 Å². The Morgan fingerprint density at radius 3 is 2.17 bits per heavy atom. The van der Waals surface area contributed by atoms with Crippen molar-refractivity contribution in [1.29, 1.82) is 0 Å². The molecule has 10 heteroatoms. The standard InChI is InChI=1S/C19H21NO9/c1-24-15-7-13(28-10-17(21)22)8-16(25-2)18(15)11-5-12(9-29-27-4)20-14(6-11)19(23)26-3/h5-8H,9-10H2,1-4H3,(H,21,22). The van der Waals surface area contributed by atoms with Crippen LogP contribution in [0.1, 0.15) is 16.2 Å². The Hall–Kier alpha value is -3.37. The molecule has 0 unspecified atom stereocenters. The molecule has 0 saturated heterocycles. The number of pyridine rings is 1. The third-order valence-corrected chi connectivity index (χ3v) is 3.73. The van der Waals surface area contributed by atoms with Crippen molar-refractivity contribution in [2.45, 2.75) is 6.61 Å². The van der Waals surface area contributed by atoms with Crippen molar-refractivity contribution in [2.24, 2.45) is 0 Å². The predicted octanol–water partition coefficient (Wildman–Crippen LogP) is 2.09. The minimum absolute atomic E-state index is 0.0151. The van der Waals surface area contributed by atoms with Crippen LogP contribution in [0.15, 0.2) is 24.3 Å². The Kier molecular flexibility index (Phi) is 7.75. The number of methoxy groups -OCH3 is 3. The number of carboxylic acid groups (broad SMARTS) is 1. The van der Waals surface area contributed by atoms with Crippen molar-refractivity contribution in [1.82, 2.24) is 4.98 Å². The summed E-state index contributed by atoms with van der Waals surface area (Å²) in [6, 6.07) is 6.22. The first-order chi connectivity index (χ1) is 13.9. The Bertz CT molecular complexity index is 857. The third kappa shape index (κ3) is 5.56. The number of esters is 1. The van der Waals surface area contributed by atoms with Gasteiger partial charge in [0.25, 0.3) is 0 Å². The van der Waals surface area contributed by atoms with Gasteiger partial charge in [0.05, 0.1) is 39.7 Å². The highest BCUT2D eigenvalue weighted by Crippen LogP contribution is 2.42. The molecular weight excluding hydrogens is 386 g/mol. The van der Waals surface area contributed by atoms with E-state index in [2.05, 4.69) is 9.87 Å². The monoisotopic (exact) mass is 407 g/mol. The summed E-state index contributed by atoms with van der Waals surface area (Å²) in [5, 5.41) is 8.81. The van der Waals surface area contributed by atoms with E-state index in [0.29, 0.717) is 28.3 Å².